The van der Waals surface area contributed by atoms with E-state index in [0.29, 0.717) is 5.82 Å². The van der Waals surface area contributed by atoms with Crippen molar-refractivity contribution in [1.29, 1.82) is 0 Å². The molecular formula is C11H9N5. The largest absolute Gasteiger partial charge is 0.382 e. The highest BCUT2D eigenvalue weighted by molar-refractivity contribution is 5.85. The van der Waals surface area contributed by atoms with Crippen LogP contribution in [0.2, 0.25) is 0 Å². The summed E-state index contributed by atoms with van der Waals surface area (Å²) in [7, 11) is 0. The number of aromatic nitrogens is 4. The molecule has 0 atom stereocenters. The van der Waals surface area contributed by atoms with Gasteiger partial charge < -0.3 is 5.73 Å². The number of H-pyrrole nitrogens is 1. The van der Waals surface area contributed by atoms with Crippen LogP contribution in [0.15, 0.2) is 36.7 Å². The number of fused-ring (bicyclic) bond motifs is 1. The van der Waals surface area contributed by atoms with Crippen molar-refractivity contribution in [2.45, 2.75) is 0 Å². The molecule has 0 saturated heterocycles. The van der Waals surface area contributed by atoms with Crippen LogP contribution < -0.4 is 5.73 Å². The lowest BCUT2D eigenvalue weighted by molar-refractivity contribution is 1.05. The van der Waals surface area contributed by atoms with Crippen molar-refractivity contribution in [2.75, 3.05) is 5.73 Å². The molecule has 1 aromatic carbocycles. The maximum Gasteiger partial charge on any atom is 0.145 e. The van der Waals surface area contributed by atoms with Gasteiger partial charge in [0.15, 0.2) is 0 Å². The fourth-order valence-corrected chi connectivity index (χ4v) is 1.65. The Bertz CT molecular complexity index is 643. The molecule has 0 fully saturated rings. The maximum absolute atomic E-state index is 5.56. The molecule has 0 unspecified atom stereocenters. The van der Waals surface area contributed by atoms with Gasteiger partial charge in [-0.2, -0.15) is 15.3 Å². The summed E-state index contributed by atoms with van der Waals surface area (Å²) in [4.78, 5) is 0. The molecule has 3 rings (SSSR count). The van der Waals surface area contributed by atoms with Crippen LogP contribution in [0.4, 0.5) is 5.82 Å². The van der Waals surface area contributed by atoms with E-state index < -0.39 is 0 Å². The van der Waals surface area contributed by atoms with E-state index in [-0.39, 0.29) is 0 Å². The summed E-state index contributed by atoms with van der Waals surface area (Å²) in [5, 5.41) is 16.6. The summed E-state index contributed by atoms with van der Waals surface area (Å²) < 4.78 is 0. The second kappa shape index (κ2) is 3.30. The van der Waals surface area contributed by atoms with Crippen LogP contribution in [-0.4, -0.2) is 20.4 Å². The molecule has 0 bridgehead atoms. The average Bonchev–Trinajstić information content (AvgIpc) is 2.75. The van der Waals surface area contributed by atoms with Gasteiger partial charge >= 0.3 is 0 Å². The Hall–Kier alpha value is -2.43. The fraction of sp³-hybridized carbons (Fsp3) is 0. The summed E-state index contributed by atoms with van der Waals surface area (Å²) >= 11 is 0. The molecule has 0 aliphatic carbocycles. The van der Waals surface area contributed by atoms with Gasteiger partial charge in [-0.05, 0) is 6.07 Å². The van der Waals surface area contributed by atoms with Crippen LogP contribution in [0.3, 0.4) is 0 Å². The molecule has 2 aromatic heterocycles. The Morgan fingerprint density at radius 2 is 1.81 bits per heavy atom. The topological polar surface area (TPSA) is 80.5 Å². The first-order valence-corrected chi connectivity index (χ1v) is 4.85. The molecule has 5 nitrogen and oxygen atoms in total. The van der Waals surface area contributed by atoms with E-state index in [4.69, 9.17) is 5.73 Å². The molecule has 0 amide bonds. The summed E-state index contributed by atoms with van der Waals surface area (Å²) in [5.41, 5.74) is 7.50. The molecular weight excluding hydrogens is 202 g/mol. The van der Waals surface area contributed by atoms with Crippen LogP contribution in [0.25, 0.3) is 22.0 Å². The minimum absolute atomic E-state index is 0.489. The highest BCUT2D eigenvalue weighted by Crippen LogP contribution is 2.22. The molecule has 0 aliphatic rings. The van der Waals surface area contributed by atoms with Gasteiger partial charge in [0, 0.05) is 22.4 Å². The minimum atomic E-state index is 0.489. The van der Waals surface area contributed by atoms with Gasteiger partial charge in [-0.1, -0.05) is 12.1 Å². The Kier molecular flexibility index (Phi) is 1.83. The van der Waals surface area contributed by atoms with Gasteiger partial charge in [0.2, 0.25) is 0 Å². The van der Waals surface area contributed by atoms with E-state index in [1.165, 1.54) is 0 Å². The number of nitrogens with zero attached hydrogens (tertiary/aromatic N) is 3. The number of rotatable bonds is 1. The first kappa shape index (κ1) is 8.84. The highest BCUT2D eigenvalue weighted by atomic mass is 15.2. The third kappa shape index (κ3) is 1.38. The Morgan fingerprint density at radius 3 is 2.56 bits per heavy atom. The summed E-state index contributed by atoms with van der Waals surface area (Å²) in [6, 6.07) is 7.82. The van der Waals surface area contributed by atoms with Gasteiger partial charge in [-0.15, -0.1) is 0 Å². The van der Waals surface area contributed by atoms with Crippen molar-refractivity contribution in [3.63, 3.8) is 0 Å². The third-order valence-corrected chi connectivity index (χ3v) is 2.46. The number of benzene rings is 1. The number of nitrogens with one attached hydrogen (secondary N) is 1. The van der Waals surface area contributed by atoms with E-state index in [1.807, 2.05) is 18.2 Å². The van der Waals surface area contributed by atoms with Gasteiger partial charge in [0.1, 0.15) is 5.82 Å². The maximum atomic E-state index is 5.56. The fourth-order valence-electron chi connectivity index (χ4n) is 1.65. The van der Waals surface area contributed by atoms with E-state index in [9.17, 15) is 0 Å². The number of hydrogen-bond donors (Lipinski definition) is 2. The summed E-state index contributed by atoms with van der Waals surface area (Å²) in [6.45, 7) is 0. The quantitative estimate of drug-likeness (QED) is 0.640. The molecule has 78 valence electrons. The van der Waals surface area contributed by atoms with Crippen molar-refractivity contribution in [3.8, 4) is 11.3 Å². The van der Waals surface area contributed by atoms with Crippen molar-refractivity contribution < 1.29 is 0 Å². The zero-order valence-corrected chi connectivity index (χ0v) is 8.38. The lowest BCUT2D eigenvalue weighted by atomic mass is 10.1. The number of anilines is 1. The van der Waals surface area contributed by atoms with Crippen LogP contribution in [-0.2, 0) is 0 Å². The monoisotopic (exact) mass is 211 g/mol. The van der Waals surface area contributed by atoms with Gasteiger partial charge in [-0.3, -0.25) is 5.10 Å². The van der Waals surface area contributed by atoms with Crippen molar-refractivity contribution >= 4 is 16.6 Å². The third-order valence-electron chi connectivity index (χ3n) is 2.46. The SMILES string of the molecule is Nc1cc(-c2ccc3cnncc3c2)[nH]n1. The second-order valence-corrected chi connectivity index (χ2v) is 3.54. The molecule has 0 spiro atoms. The predicted octanol–water partition coefficient (Wildman–Crippen LogP) is 1.60. The van der Waals surface area contributed by atoms with Crippen molar-refractivity contribution in [2.24, 2.45) is 0 Å². The minimum Gasteiger partial charge on any atom is -0.382 e. The van der Waals surface area contributed by atoms with Crippen molar-refractivity contribution in [1.82, 2.24) is 20.4 Å². The molecule has 0 aliphatic heterocycles. The normalized spacial score (nSPS) is 10.8. The summed E-state index contributed by atoms with van der Waals surface area (Å²) in [5.74, 6) is 0.489. The lowest BCUT2D eigenvalue weighted by Crippen LogP contribution is -1.82. The van der Waals surface area contributed by atoms with Crippen molar-refractivity contribution in [3.05, 3.63) is 36.7 Å². The smallest absolute Gasteiger partial charge is 0.145 e. The lowest BCUT2D eigenvalue weighted by Gasteiger charge is -1.99. The zero-order valence-electron chi connectivity index (χ0n) is 8.38. The Morgan fingerprint density at radius 1 is 1.00 bits per heavy atom. The molecule has 5 heteroatoms. The molecule has 16 heavy (non-hydrogen) atoms. The van der Waals surface area contributed by atoms with Gasteiger partial charge in [0.05, 0.1) is 18.1 Å². The van der Waals surface area contributed by atoms with E-state index in [1.54, 1.807) is 18.5 Å². The summed E-state index contributed by atoms with van der Waals surface area (Å²) in [6.07, 6.45) is 3.47. The first-order valence-electron chi connectivity index (χ1n) is 4.85. The van der Waals surface area contributed by atoms with E-state index >= 15 is 0 Å². The molecule has 0 saturated carbocycles. The van der Waals surface area contributed by atoms with Crippen LogP contribution in [0, 0.1) is 0 Å². The number of nitrogens with two attached hydrogens (primary N) is 1. The van der Waals surface area contributed by atoms with E-state index in [2.05, 4.69) is 20.4 Å². The standard InChI is InChI=1S/C11H9N5/c12-11-4-10(15-16-11)7-1-2-8-5-13-14-6-9(8)3-7/h1-6H,(H3,12,15,16). The first-order chi connectivity index (χ1) is 7.83. The highest BCUT2D eigenvalue weighted by Gasteiger charge is 2.02. The average molecular weight is 211 g/mol. The zero-order chi connectivity index (χ0) is 11.0. The molecule has 0 radical (unpaired) electrons. The van der Waals surface area contributed by atoms with Crippen LogP contribution in [0.1, 0.15) is 0 Å². The van der Waals surface area contributed by atoms with Crippen LogP contribution >= 0.6 is 0 Å². The Balaban J connectivity index is 2.18. The molecule has 3 aromatic rings. The van der Waals surface area contributed by atoms with Gasteiger partial charge in [0.25, 0.3) is 0 Å². The number of nitrogen functional groups attached to an aromatic ring is 1. The second-order valence-electron chi connectivity index (χ2n) is 3.54. The number of hydrogen-bond acceptors (Lipinski definition) is 4. The Labute approximate surface area is 91.3 Å². The predicted molar refractivity (Wildman–Crippen MR) is 61.5 cm³/mol. The number of aromatic amines is 1. The molecule has 3 N–H and O–H groups in total. The van der Waals surface area contributed by atoms with Crippen LogP contribution in [0.5, 0.6) is 0 Å². The molecule has 2 heterocycles. The van der Waals surface area contributed by atoms with Gasteiger partial charge in [-0.25, -0.2) is 0 Å². The van der Waals surface area contributed by atoms with E-state index in [0.717, 1.165) is 22.0 Å².